The van der Waals surface area contributed by atoms with Crippen molar-refractivity contribution in [1.29, 1.82) is 0 Å². The van der Waals surface area contributed by atoms with Crippen molar-refractivity contribution in [2.45, 2.75) is 31.1 Å². The minimum absolute atomic E-state index is 0.439. The van der Waals surface area contributed by atoms with Gasteiger partial charge < -0.3 is 20.7 Å². The van der Waals surface area contributed by atoms with Crippen LogP contribution in [-0.4, -0.2) is 24.7 Å². The fraction of sp³-hybridized carbons (Fsp3) is 0.316. The number of nitrogen functional groups attached to an aromatic ring is 1. The van der Waals surface area contributed by atoms with E-state index in [1.54, 1.807) is 30.3 Å². The number of nitrogens with two attached hydrogens (primary N) is 1. The quantitative estimate of drug-likeness (QED) is 0.743. The Morgan fingerprint density at radius 2 is 1.96 bits per heavy atom. The molecule has 1 saturated heterocycles. The molecule has 2 aromatic rings. The van der Waals surface area contributed by atoms with Gasteiger partial charge in [0.15, 0.2) is 5.75 Å². The first-order valence-electron chi connectivity index (χ1n) is 8.65. The number of amides is 1. The molecule has 2 atom stereocenters. The summed E-state index contributed by atoms with van der Waals surface area (Å²) in [6.45, 7) is 0.622. The van der Waals surface area contributed by atoms with Crippen LogP contribution in [-0.2, 0) is 4.79 Å². The molecule has 2 aliphatic rings. The van der Waals surface area contributed by atoms with Gasteiger partial charge in [0, 0.05) is 17.8 Å². The van der Waals surface area contributed by atoms with E-state index in [-0.39, 0.29) is 0 Å². The predicted octanol–water partition coefficient (Wildman–Crippen LogP) is 3.76. The standard InChI is InChI=1S/C19H18F3N3O2/c20-19(21,22)18(26)24-13-5-3-9-25-14-10-11(23)7-8-16(14)27-15-6-2-1-4-12(15)17(13)25/h1-2,4,6-8,10,13,17H,3,5,9,23H2,(H,24,26)/t13-,17+/m0/s1. The minimum Gasteiger partial charge on any atom is -0.455 e. The molecule has 0 unspecified atom stereocenters. The summed E-state index contributed by atoms with van der Waals surface area (Å²) in [7, 11) is 0. The zero-order valence-electron chi connectivity index (χ0n) is 14.3. The molecule has 2 aliphatic heterocycles. The Labute approximate surface area is 153 Å². The number of rotatable bonds is 1. The van der Waals surface area contributed by atoms with Crippen molar-refractivity contribution in [2.24, 2.45) is 0 Å². The van der Waals surface area contributed by atoms with E-state index in [2.05, 4.69) is 5.32 Å². The van der Waals surface area contributed by atoms with Crippen LogP contribution in [0.4, 0.5) is 24.5 Å². The molecule has 0 aliphatic carbocycles. The summed E-state index contributed by atoms with van der Waals surface area (Å²) in [5.41, 5.74) is 7.91. The van der Waals surface area contributed by atoms with Crippen molar-refractivity contribution in [2.75, 3.05) is 17.2 Å². The van der Waals surface area contributed by atoms with Gasteiger partial charge >= 0.3 is 12.1 Å². The Hall–Kier alpha value is -2.90. The SMILES string of the molecule is Nc1ccc2c(c1)N1CCC[C@H](NC(=O)C(F)(F)F)[C@H]1c1ccccc1O2. The molecule has 2 aromatic carbocycles. The molecule has 0 spiro atoms. The third kappa shape index (κ3) is 3.15. The van der Waals surface area contributed by atoms with Gasteiger partial charge in [0.05, 0.1) is 17.8 Å². The van der Waals surface area contributed by atoms with Crippen LogP contribution >= 0.6 is 0 Å². The van der Waals surface area contributed by atoms with Gasteiger partial charge in [-0.2, -0.15) is 13.2 Å². The van der Waals surface area contributed by atoms with Crippen molar-refractivity contribution in [3.05, 3.63) is 48.0 Å². The van der Waals surface area contributed by atoms with Crippen LogP contribution in [0.25, 0.3) is 0 Å². The minimum atomic E-state index is -4.93. The molecule has 0 aromatic heterocycles. The number of anilines is 2. The number of halogens is 3. The molecular weight excluding hydrogens is 359 g/mol. The second kappa shape index (κ2) is 6.37. The van der Waals surface area contributed by atoms with Gasteiger partial charge in [-0.3, -0.25) is 4.79 Å². The van der Waals surface area contributed by atoms with Gasteiger partial charge in [0.25, 0.3) is 0 Å². The van der Waals surface area contributed by atoms with E-state index < -0.39 is 24.2 Å². The number of carbonyl (C=O) groups is 1. The predicted molar refractivity (Wildman–Crippen MR) is 94.7 cm³/mol. The number of nitrogens with one attached hydrogen (secondary N) is 1. The molecule has 8 heteroatoms. The van der Waals surface area contributed by atoms with Crippen LogP contribution < -0.4 is 20.7 Å². The van der Waals surface area contributed by atoms with Crippen LogP contribution in [0.5, 0.6) is 11.5 Å². The fourth-order valence-corrected chi connectivity index (χ4v) is 3.83. The molecule has 142 valence electrons. The average molecular weight is 377 g/mol. The Balaban J connectivity index is 1.81. The van der Waals surface area contributed by atoms with Crippen molar-refractivity contribution in [1.82, 2.24) is 5.32 Å². The van der Waals surface area contributed by atoms with Gasteiger partial charge in [-0.05, 0) is 37.1 Å². The monoisotopic (exact) mass is 377 g/mol. The van der Waals surface area contributed by atoms with Crippen LogP contribution in [0.1, 0.15) is 24.4 Å². The first-order chi connectivity index (χ1) is 12.8. The van der Waals surface area contributed by atoms with E-state index in [4.69, 9.17) is 10.5 Å². The molecule has 2 heterocycles. The van der Waals surface area contributed by atoms with Gasteiger partial charge in [0.2, 0.25) is 0 Å². The fourth-order valence-electron chi connectivity index (χ4n) is 3.83. The van der Waals surface area contributed by atoms with E-state index >= 15 is 0 Å². The molecule has 0 radical (unpaired) electrons. The lowest BCUT2D eigenvalue weighted by atomic mass is 9.89. The lowest BCUT2D eigenvalue weighted by molar-refractivity contribution is -0.174. The summed E-state index contributed by atoms with van der Waals surface area (Å²) in [6.07, 6.45) is -3.85. The van der Waals surface area contributed by atoms with Crippen molar-refractivity contribution < 1.29 is 22.7 Å². The Bertz CT molecular complexity index is 885. The molecule has 5 nitrogen and oxygen atoms in total. The lowest BCUT2D eigenvalue weighted by Crippen LogP contribution is -2.52. The normalized spacial score (nSPS) is 21.2. The highest BCUT2D eigenvalue weighted by atomic mass is 19.4. The number of fused-ring (bicyclic) bond motifs is 5. The second-order valence-corrected chi connectivity index (χ2v) is 6.73. The third-order valence-corrected chi connectivity index (χ3v) is 4.96. The maximum atomic E-state index is 12.8. The summed E-state index contributed by atoms with van der Waals surface area (Å²) in [6, 6.07) is 11.2. The highest BCUT2D eigenvalue weighted by Gasteiger charge is 2.44. The average Bonchev–Trinajstić information content (AvgIpc) is 2.76. The van der Waals surface area contributed by atoms with Crippen molar-refractivity contribution in [3.63, 3.8) is 0 Å². The number of hydrogen-bond donors (Lipinski definition) is 2. The number of carbonyl (C=O) groups excluding carboxylic acids is 1. The third-order valence-electron chi connectivity index (χ3n) is 4.96. The highest BCUT2D eigenvalue weighted by molar-refractivity contribution is 5.82. The topological polar surface area (TPSA) is 67.6 Å². The smallest absolute Gasteiger partial charge is 0.455 e. The molecule has 1 fully saturated rings. The largest absolute Gasteiger partial charge is 0.471 e. The number of hydrogen-bond acceptors (Lipinski definition) is 4. The lowest BCUT2D eigenvalue weighted by Gasteiger charge is -2.42. The van der Waals surface area contributed by atoms with Crippen LogP contribution in [0.2, 0.25) is 0 Å². The summed E-state index contributed by atoms with van der Waals surface area (Å²) in [5.74, 6) is -0.782. The van der Waals surface area contributed by atoms with Crippen molar-refractivity contribution in [3.8, 4) is 11.5 Å². The molecule has 3 N–H and O–H groups in total. The molecule has 4 rings (SSSR count). The van der Waals surface area contributed by atoms with Crippen LogP contribution in [0.3, 0.4) is 0 Å². The molecule has 27 heavy (non-hydrogen) atoms. The number of benzene rings is 2. The Morgan fingerprint density at radius 3 is 2.74 bits per heavy atom. The maximum Gasteiger partial charge on any atom is 0.471 e. The first-order valence-corrected chi connectivity index (χ1v) is 8.65. The number of para-hydroxylation sites is 1. The number of alkyl halides is 3. The molecule has 0 saturated carbocycles. The van der Waals surface area contributed by atoms with Gasteiger partial charge in [-0.15, -0.1) is 0 Å². The van der Waals surface area contributed by atoms with E-state index in [1.165, 1.54) is 0 Å². The van der Waals surface area contributed by atoms with Crippen molar-refractivity contribution >= 4 is 17.3 Å². The van der Waals surface area contributed by atoms with Crippen LogP contribution in [0, 0.1) is 0 Å². The molecular formula is C19H18F3N3O2. The zero-order valence-corrected chi connectivity index (χ0v) is 14.3. The number of ether oxygens (including phenoxy) is 1. The Kier molecular flexibility index (Phi) is 4.13. The van der Waals surface area contributed by atoms with Gasteiger partial charge in [-0.1, -0.05) is 18.2 Å². The van der Waals surface area contributed by atoms with E-state index in [1.807, 2.05) is 17.0 Å². The summed E-state index contributed by atoms with van der Waals surface area (Å²) in [5, 5.41) is 2.18. The Morgan fingerprint density at radius 1 is 1.19 bits per heavy atom. The highest BCUT2D eigenvalue weighted by Crippen LogP contribution is 2.48. The first kappa shape index (κ1) is 17.5. The number of piperidine rings is 1. The van der Waals surface area contributed by atoms with Gasteiger partial charge in [0.1, 0.15) is 5.75 Å². The summed E-state index contributed by atoms with van der Waals surface area (Å²) >= 11 is 0. The molecule has 0 bridgehead atoms. The molecule has 1 amide bonds. The second-order valence-electron chi connectivity index (χ2n) is 6.73. The zero-order chi connectivity index (χ0) is 19.2. The maximum absolute atomic E-state index is 12.8. The van der Waals surface area contributed by atoms with E-state index in [0.717, 1.165) is 5.56 Å². The summed E-state index contributed by atoms with van der Waals surface area (Å²) < 4.78 is 44.5. The number of nitrogens with zero attached hydrogens (tertiary/aromatic N) is 1. The summed E-state index contributed by atoms with van der Waals surface area (Å²) in [4.78, 5) is 13.6. The van der Waals surface area contributed by atoms with E-state index in [9.17, 15) is 18.0 Å². The van der Waals surface area contributed by atoms with E-state index in [0.29, 0.717) is 42.3 Å². The van der Waals surface area contributed by atoms with Gasteiger partial charge in [-0.25, -0.2) is 0 Å². The van der Waals surface area contributed by atoms with Crippen LogP contribution in [0.15, 0.2) is 42.5 Å².